The predicted octanol–water partition coefficient (Wildman–Crippen LogP) is 4.62. The Morgan fingerprint density at radius 1 is 1.07 bits per heavy atom. The normalized spacial score (nSPS) is 10.9. The van der Waals surface area contributed by atoms with Gasteiger partial charge in [0, 0.05) is 16.8 Å². The molecule has 0 saturated carbocycles. The number of benzene rings is 2. The number of nitriles is 1. The first-order chi connectivity index (χ1) is 13.0. The van der Waals surface area contributed by atoms with Gasteiger partial charge in [-0.15, -0.1) is 0 Å². The summed E-state index contributed by atoms with van der Waals surface area (Å²) in [7, 11) is 0. The topological polar surface area (TPSA) is 58.7 Å². The Kier molecular flexibility index (Phi) is 5.33. The number of ketones is 1. The molecule has 3 aromatic rings. The molecule has 4 heteroatoms. The van der Waals surface area contributed by atoms with E-state index < -0.39 is 0 Å². The van der Waals surface area contributed by atoms with Gasteiger partial charge in [0.15, 0.2) is 5.78 Å². The Labute approximate surface area is 159 Å². The molecule has 1 aromatic heterocycles. The number of aromatic nitrogens is 2. The molecule has 0 bridgehead atoms. The van der Waals surface area contributed by atoms with Gasteiger partial charge in [-0.3, -0.25) is 9.48 Å². The maximum atomic E-state index is 12.4. The lowest BCUT2D eigenvalue weighted by Gasteiger charge is -2.05. The SMILES string of the molecule is Cc1ccc(Cn2nc(C)c(C=CC(=O)c3ccc(C#N)cc3)c2C)cc1. The zero-order valence-corrected chi connectivity index (χ0v) is 15.7. The van der Waals surface area contributed by atoms with E-state index in [0.29, 0.717) is 17.7 Å². The number of nitrogens with zero attached hydrogens (tertiary/aromatic N) is 3. The molecule has 0 atom stereocenters. The van der Waals surface area contributed by atoms with Crippen LogP contribution in [0.4, 0.5) is 0 Å². The highest BCUT2D eigenvalue weighted by Gasteiger charge is 2.10. The lowest BCUT2D eigenvalue weighted by Crippen LogP contribution is -2.04. The fourth-order valence-corrected chi connectivity index (χ4v) is 2.94. The van der Waals surface area contributed by atoms with Crippen molar-refractivity contribution >= 4 is 11.9 Å². The maximum Gasteiger partial charge on any atom is 0.185 e. The summed E-state index contributed by atoms with van der Waals surface area (Å²) in [6, 6.07) is 17.1. The molecule has 3 rings (SSSR count). The molecule has 1 heterocycles. The van der Waals surface area contributed by atoms with Crippen molar-refractivity contribution in [1.29, 1.82) is 5.26 Å². The van der Waals surface area contributed by atoms with E-state index in [-0.39, 0.29) is 5.78 Å². The molecule has 134 valence electrons. The van der Waals surface area contributed by atoms with Crippen molar-refractivity contribution in [2.24, 2.45) is 0 Å². The summed E-state index contributed by atoms with van der Waals surface area (Å²) in [5.74, 6) is -0.0930. The minimum absolute atomic E-state index is 0.0930. The third-order valence-corrected chi connectivity index (χ3v) is 4.59. The standard InChI is InChI=1S/C23H21N3O/c1-16-4-6-20(7-5-16)15-26-18(3)22(17(2)25-26)12-13-23(27)21-10-8-19(14-24)9-11-21/h4-13H,15H2,1-3H3. The number of aryl methyl sites for hydroxylation is 2. The monoisotopic (exact) mass is 355 g/mol. The molecule has 0 amide bonds. The number of carbonyl (C=O) groups is 1. The molecule has 0 N–H and O–H groups in total. The Bertz CT molecular complexity index is 1030. The number of hydrogen-bond donors (Lipinski definition) is 0. The summed E-state index contributed by atoms with van der Waals surface area (Å²) < 4.78 is 1.96. The third kappa shape index (κ3) is 4.21. The van der Waals surface area contributed by atoms with Gasteiger partial charge in [-0.2, -0.15) is 10.4 Å². The Balaban J connectivity index is 1.79. The fraction of sp³-hybridized carbons (Fsp3) is 0.174. The van der Waals surface area contributed by atoms with Crippen molar-refractivity contribution in [3.8, 4) is 6.07 Å². The van der Waals surface area contributed by atoms with E-state index in [1.54, 1.807) is 30.3 Å². The number of rotatable bonds is 5. The number of carbonyl (C=O) groups excluding carboxylic acids is 1. The van der Waals surface area contributed by atoms with Crippen LogP contribution in [-0.2, 0) is 6.54 Å². The second-order valence-corrected chi connectivity index (χ2v) is 6.61. The van der Waals surface area contributed by atoms with Crippen molar-refractivity contribution < 1.29 is 4.79 Å². The van der Waals surface area contributed by atoms with Gasteiger partial charge >= 0.3 is 0 Å². The number of allylic oxidation sites excluding steroid dienone is 1. The highest BCUT2D eigenvalue weighted by Crippen LogP contribution is 2.17. The first-order valence-corrected chi connectivity index (χ1v) is 8.80. The van der Waals surface area contributed by atoms with Crippen LogP contribution in [0.5, 0.6) is 0 Å². The van der Waals surface area contributed by atoms with Crippen LogP contribution in [0.3, 0.4) is 0 Å². The van der Waals surface area contributed by atoms with Gasteiger partial charge in [-0.05, 0) is 62.8 Å². The molecule has 0 unspecified atom stereocenters. The molecule has 0 aliphatic rings. The van der Waals surface area contributed by atoms with Crippen LogP contribution in [0.1, 0.15) is 44.0 Å². The molecule has 0 radical (unpaired) electrons. The van der Waals surface area contributed by atoms with E-state index in [0.717, 1.165) is 17.0 Å². The van der Waals surface area contributed by atoms with Crippen LogP contribution in [0.25, 0.3) is 6.08 Å². The summed E-state index contributed by atoms with van der Waals surface area (Å²) in [5.41, 5.74) is 6.41. The van der Waals surface area contributed by atoms with E-state index in [1.165, 1.54) is 11.1 Å². The van der Waals surface area contributed by atoms with E-state index in [2.05, 4.69) is 42.4 Å². The summed E-state index contributed by atoms with van der Waals surface area (Å²) in [4.78, 5) is 12.4. The minimum atomic E-state index is -0.0930. The van der Waals surface area contributed by atoms with Crippen molar-refractivity contribution in [3.05, 3.63) is 93.8 Å². The van der Waals surface area contributed by atoms with Crippen LogP contribution in [0.2, 0.25) is 0 Å². The van der Waals surface area contributed by atoms with Crippen LogP contribution >= 0.6 is 0 Å². The Hall–Kier alpha value is -3.45. The molecular weight excluding hydrogens is 334 g/mol. The summed E-state index contributed by atoms with van der Waals surface area (Å²) in [6.07, 6.45) is 3.39. The Morgan fingerprint density at radius 2 is 1.74 bits per heavy atom. The Morgan fingerprint density at radius 3 is 2.37 bits per heavy atom. The smallest absolute Gasteiger partial charge is 0.185 e. The molecule has 0 spiro atoms. The predicted molar refractivity (Wildman–Crippen MR) is 107 cm³/mol. The fourth-order valence-electron chi connectivity index (χ4n) is 2.94. The molecule has 0 aliphatic carbocycles. The van der Waals surface area contributed by atoms with E-state index in [9.17, 15) is 4.79 Å². The highest BCUT2D eigenvalue weighted by molar-refractivity contribution is 6.06. The molecular formula is C23H21N3O. The zero-order chi connectivity index (χ0) is 19.4. The maximum absolute atomic E-state index is 12.4. The average Bonchev–Trinajstić information content (AvgIpc) is 2.94. The van der Waals surface area contributed by atoms with Gasteiger partial charge in [0.05, 0.1) is 23.9 Å². The zero-order valence-electron chi connectivity index (χ0n) is 15.7. The first kappa shape index (κ1) is 18.3. The quantitative estimate of drug-likeness (QED) is 0.495. The molecule has 0 fully saturated rings. The molecule has 0 aliphatic heterocycles. The van der Waals surface area contributed by atoms with E-state index in [4.69, 9.17) is 5.26 Å². The van der Waals surface area contributed by atoms with Crippen LogP contribution in [-0.4, -0.2) is 15.6 Å². The van der Waals surface area contributed by atoms with Crippen molar-refractivity contribution in [2.75, 3.05) is 0 Å². The van der Waals surface area contributed by atoms with Gasteiger partial charge in [0.25, 0.3) is 0 Å². The van der Waals surface area contributed by atoms with E-state index >= 15 is 0 Å². The van der Waals surface area contributed by atoms with Crippen LogP contribution in [0, 0.1) is 32.1 Å². The first-order valence-electron chi connectivity index (χ1n) is 8.80. The highest BCUT2D eigenvalue weighted by atomic mass is 16.1. The average molecular weight is 355 g/mol. The number of hydrogen-bond acceptors (Lipinski definition) is 3. The van der Waals surface area contributed by atoms with Crippen molar-refractivity contribution in [1.82, 2.24) is 9.78 Å². The molecule has 4 nitrogen and oxygen atoms in total. The van der Waals surface area contributed by atoms with Crippen molar-refractivity contribution in [2.45, 2.75) is 27.3 Å². The summed E-state index contributed by atoms with van der Waals surface area (Å²) in [5, 5.41) is 13.5. The van der Waals surface area contributed by atoms with Crippen molar-refractivity contribution in [3.63, 3.8) is 0 Å². The van der Waals surface area contributed by atoms with Gasteiger partial charge in [-0.25, -0.2) is 0 Å². The molecule has 0 saturated heterocycles. The lowest BCUT2D eigenvalue weighted by atomic mass is 10.1. The second kappa shape index (κ2) is 7.84. The second-order valence-electron chi connectivity index (χ2n) is 6.61. The van der Waals surface area contributed by atoms with E-state index in [1.807, 2.05) is 24.6 Å². The summed E-state index contributed by atoms with van der Waals surface area (Å²) >= 11 is 0. The van der Waals surface area contributed by atoms with Gasteiger partial charge in [0.2, 0.25) is 0 Å². The van der Waals surface area contributed by atoms with Gasteiger partial charge in [0.1, 0.15) is 0 Å². The third-order valence-electron chi connectivity index (χ3n) is 4.59. The largest absolute Gasteiger partial charge is 0.289 e. The van der Waals surface area contributed by atoms with Gasteiger partial charge in [-0.1, -0.05) is 29.8 Å². The lowest BCUT2D eigenvalue weighted by molar-refractivity contribution is 0.104. The molecule has 2 aromatic carbocycles. The van der Waals surface area contributed by atoms with Gasteiger partial charge < -0.3 is 0 Å². The molecule has 27 heavy (non-hydrogen) atoms. The summed E-state index contributed by atoms with van der Waals surface area (Å²) in [6.45, 7) is 6.73. The van der Waals surface area contributed by atoms with Crippen LogP contribution < -0.4 is 0 Å². The minimum Gasteiger partial charge on any atom is -0.289 e. The van der Waals surface area contributed by atoms with Crippen LogP contribution in [0.15, 0.2) is 54.6 Å².